The molecule has 0 aliphatic carbocycles. The molecule has 0 saturated carbocycles. The van der Waals surface area contributed by atoms with Gasteiger partial charge in [0, 0.05) is 6.54 Å². The van der Waals surface area contributed by atoms with Gasteiger partial charge in [0.1, 0.15) is 5.82 Å². The molecule has 88 valence electrons. The first-order valence-electron chi connectivity index (χ1n) is 4.43. The summed E-state index contributed by atoms with van der Waals surface area (Å²) in [6, 6.07) is 1.24. The van der Waals surface area contributed by atoms with Crippen molar-refractivity contribution in [2.24, 2.45) is 5.73 Å². The van der Waals surface area contributed by atoms with Gasteiger partial charge in [0.05, 0.1) is 17.7 Å². The minimum atomic E-state index is -2.77. The van der Waals surface area contributed by atoms with Crippen molar-refractivity contribution >= 4 is 11.8 Å². The second-order valence-corrected chi connectivity index (χ2v) is 3.15. The Balaban J connectivity index is 3.20. The molecular weight excluding hydrogens is 220 g/mol. The van der Waals surface area contributed by atoms with E-state index >= 15 is 0 Å². The lowest BCUT2D eigenvalue weighted by Gasteiger charge is -2.11. The lowest BCUT2D eigenvalue weighted by Crippen LogP contribution is -2.11. The van der Waals surface area contributed by atoms with Gasteiger partial charge >= 0.3 is 5.97 Å². The number of carbonyl (C=O) groups is 1. The molecule has 0 radical (unpaired) electrons. The fourth-order valence-electron chi connectivity index (χ4n) is 1.36. The zero-order valence-corrected chi connectivity index (χ0v) is 8.28. The number of nitrogens with two attached hydrogens (primary N) is 2. The quantitative estimate of drug-likeness (QED) is 0.707. The average Bonchev–Trinajstić information content (AvgIpc) is 2.14. The Hall–Kier alpha value is -1.76. The monoisotopic (exact) mass is 231 g/mol. The molecule has 0 atom stereocenters. The van der Waals surface area contributed by atoms with Crippen LogP contribution in [0.1, 0.15) is 23.2 Å². The molecule has 0 aliphatic rings. The van der Waals surface area contributed by atoms with Gasteiger partial charge in [-0.1, -0.05) is 0 Å². The van der Waals surface area contributed by atoms with E-state index in [-0.39, 0.29) is 30.0 Å². The van der Waals surface area contributed by atoms with Crippen LogP contribution in [0, 0.1) is 0 Å². The van der Waals surface area contributed by atoms with Crippen molar-refractivity contribution in [3.05, 3.63) is 22.9 Å². The van der Waals surface area contributed by atoms with Crippen LogP contribution in [0.15, 0.2) is 6.07 Å². The van der Waals surface area contributed by atoms with Crippen LogP contribution in [0.5, 0.6) is 0 Å². The van der Waals surface area contributed by atoms with Gasteiger partial charge in [-0.15, -0.1) is 0 Å². The molecule has 1 aromatic rings. The van der Waals surface area contributed by atoms with Crippen molar-refractivity contribution in [2.75, 3.05) is 5.73 Å². The Morgan fingerprint density at radius 1 is 1.56 bits per heavy atom. The summed E-state index contributed by atoms with van der Waals surface area (Å²) in [5.74, 6) is -1.48. The molecule has 1 rings (SSSR count). The molecule has 0 amide bonds. The molecule has 7 heteroatoms. The molecule has 0 saturated heterocycles. The number of hydrogen-bond donors (Lipinski definition) is 3. The van der Waals surface area contributed by atoms with Gasteiger partial charge in [-0.3, -0.25) is 4.79 Å². The van der Waals surface area contributed by atoms with Crippen LogP contribution in [-0.4, -0.2) is 16.1 Å². The highest BCUT2D eigenvalue weighted by molar-refractivity contribution is 5.70. The minimum Gasteiger partial charge on any atom is -0.481 e. The fourth-order valence-corrected chi connectivity index (χ4v) is 1.36. The topological polar surface area (TPSA) is 102 Å². The Morgan fingerprint density at radius 3 is 2.62 bits per heavy atom. The van der Waals surface area contributed by atoms with Crippen LogP contribution < -0.4 is 11.5 Å². The number of carboxylic acids is 1. The number of anilines is 1. The van der Waals surface area contributed by atoms with Crippen molar-refractivity contribution < 1.29 is 18.7 Å². The predicted molar refractivity (Wildman–Crippen MR) is 52.8 cm³/mol. The van der Waals surface area contributed by atoms with Gasteiger partial charge in [-0.05, 0) is 11.6 Å². The van der Waals surface area contributed by atoms with E-state index < -0.39 is 18.0 Å². The summed E-state index contributed by atoms with van der Waals surface area (Å²) < 4.78 is 25.2. The van der Waals surface area contributed by atoms with Crippen molar-refractivity contribution in [2.45, 2.75) is 19.4 Å². The van der Waals surface area contributed by atoms with Gasteiger partial charge in [0.2, 0.25) is 0 Å². The highest BCUT2D eigenvalue weighted by atomic mass is 19.3. The van der Waals surface area contributed by atoms with E-state index in [0.29, 0.717) is 0 Å². The SMILES string of the molecule is NCc1cc(CC(=O)O)nc(N)c1C(F)F. The number of pyridine rings is 1. The largest absolute Gasteiger partial charge is 0.481 e. The van der Waals surface area contributed by atoms with Crippen LogP contribution >= 0.6 is 0 Å². The highest BCUT2D eigenvalue weighted by Gasteiger charge is 2.18. The van der Waals surface area contributed by atoms with Crippen molar-refractivity contribution in [3.63, 3.8) is 0 Å². The molecule has 16 heavy (non-hydrogen) atoms. The normalized spacial score (nSPS) is 10.8. The number of aliphatic carboxylic acids is 1. The summed E-state index contributed by atoms with van der Waals surface area (Å²) in [6.07, 6.45) is -3.15. The standard InChI is InChI=1S/C9H11F2N3O2/c10-8(11)7-4(3-12)1-5(2-6(15)16)14-9(7)13/h1,8H,2-3,12H2,(H2,13,14)(H,15,16). The van der Waals surface area contributed by atoms with Crippen LogP contribution in [0.3, 0.4) is 0 Å². The molecule has 0 bridgehead atoms. The number of carboxylic acid groups (broad SMARTS) is 1. The first-order valence-corrected chi connectivity index (χ1v) is 4.43. The van der Waals surface area contributed by atoms with Crippen LogP contribution in [0.25, 0.3) is 0 Å². The van der Waals surface area contributed by atoms with Gasteiger partial charge in [-0.2, -0.15) is 0 Å². The molecule has 1 aromatic heterocycles. The number of hydrogen-bond acceptors (Lipinski definition) is 4. The Kier molecular flexibility index (Phi) is 3.73. The first-order chi connectivity index (χ1) is 7.45. The number of nitrogens with zero attached hydrogens (tertiary/aromatic N) is 1. The molecule has 0 aliphatic heterocycles. The smallest absolute Gasteiger partial charge is 0.309 e. The Bertz CT molecular complexity index is 410. The summed E-state index contributed by atoms with van der Waals surface area (Å²) >= 11 is 0. The summed E-state index contributed by atoms with van der Waals surface area (Å²) in [4.78, 5) is 14.0. The number of rotatable bonds is 4. The van der Waals surface area contributed by atoms with E-state index in [1.807, 2.05) is 0 Å². The van der Waals surface area contributed by atoms with Crippen molar-refractivity contribution in [1.29, 1.82) is 0 Å². The maximum atomic E-state index is 12.6. The molecule has 0 aromatic carbocycles. The number of alkyl halides is 2. The summed E-state index contributed by atoms with van der Waals surface area (Å²) in [5.41, 5.74) is 10.5. The van der Waals surface area contributed by atoms with E-state index in [1.54, 1.807) is 0 Å². The van der Waals surface area contributed by atoms with E-state index in [1.165, 1.54) is 6.07 Å². The zero-order chi connectivity index (χ0) is 12.3. The van der Waals surface area contributed by atoms with Gasteiger partial charge in [0.15, 0.2) is 0 Å². The van der Waals surface area contributed by atoms with Gasteiger partial charge in [-0.25, -0.2) is 13.8 Å². The lowest BCUT2D eigenvalue weighted by atomic mass is 10.1. The summed E-state index contributed by atoms with van der Waals surface area (Å²) in [7, 11) is 0. The number of halogens is 2. The third-order valence-electron chi connectivity index (χ3n) is 2.00. The van der Waals surface area contributed by atoms with Gasteiger partial charge in [0.25, 0.3) is 6.43 Å². The zero-order valence-electron chi connectivity index (χ0n) is 8.28. The van der Waals surface area contributed by atoms with Crippen molar-refractivity contribution in [1.82, 2.24) is 4.98 Å². The number of nitrogen functional groups attached to an aromatic ring is 1. The Morgan fingerprint density at radius 2 is 2.19 bits per heavy atom. The van der Waals surface area contributed by atoms with E-state index in [9.17, 15) is 13.6 Å². The van der Waals surface area contributed by atoms with Crippen LogP contribution in [-0.2, 0) is 17.8 Å². The fraction of sp³-hybridized carbons (Fsp3) is 0.333. The molecule has 5 nitrogen and oxygen atoms in total. The number of aromatic nitrogens is 1. The molecule has 1 heterocycles. The molecule has 0 fully saturated rings. The van der Waals surface area contributed by atoms with Crippen molar-refractivity contribution in [3.8, 4) is 0 Å². The minimum absolute atomic E-state index is 0.120. The van der Waals surface area contributed by atoms with Crippen LogP contribution in [0.2, 0.25) is 0 Å². The molecule has 5 N–H and O–H groups in total. The second-order valence-electron chi connectivity index (χ2n) is 3.15. The Labute approximate surface area is 90.1 Å². The summed E-state index contributed by atoms with van der Waals surface area (Å²) in [5, 5.41) is 8.54. The first kappa shape index (κ1) is 12.3. The van der Waals surface area contributed by atoms with E-state index in [4.69, 9.17) is 16.6 Å². The summed E-state index contributed by atoms with van der Waals surface area (Å²) in [6.45, 7) is -0.140. The average molecular weight is 231 g/mol. The highest BCUT2D eigenvalue weighted by Crippen LogP contribution is 2.27. The lowest BCUT2D eigenvalue weighted by molar-refractivity contribution is -0.136. The van der Waals surface area contributed by atoms with E-state index in [2.05, 4.69) is 4.98 Å². The maximum absolute atomic E-state index is 12.6. The predicted octanol–water partition coefficient (Wildman–Crippen LogP) is 0.687. The van der Waals surface area contributed by atoms with Gasteiger partial charge < -0.3 is 16.6 Å². The third kappa shape index (κ3) is 2.63. The molecule has 0 unspecified atom stereocenters. The van der Waals surface area contributed by atoms with Crippen LogP contribution in [0.4, 0.5) is 14.6 Å². The maximum Gasteiger partial charge on any atom is 0.309 e. The third-order valence-corrected chi connectivity index (χ3v) is 2.00. The van der Waals surface area contributed by atoms with E-state index in [0.717, 1.165) is 0 Å². The second kappa shape index (κ2) is 4.84. The molecule has 0 spiro atoms. The molecular formula is C9H11F2N3O2.